The first-order chi connectivity index (χ1) is 19.0. The molecule has 12 N–H and O–H groups in total. The Balaban J connectivity index is 0.000000161. The number of nitrogens with zero attached hydrogens (tertiary/aromatic N) is 6. The molecule has 2 aliphatic rings. The third-order valence-electron chi connectivity index (χ3n) is 6.53. The summed E-state index contributed by atoms with van der Waals surface area (Å²) in [7, 11) is 0. The summed E-state index contributed by atoms with van der Waals surface area (Å²) in [5.41, 5.74) is 10.7. The fourth-order valence-electron chi connectivity index (χ4n) is 4.50. The van der Waals surface area contributed by atoms with Crippen LogP contribution in [0, 0.1) is 0 Å². The topological polar surface area (TPSA) is 319 Å². The van der Waals surface area contributed by atoms with Crippen molar-refractivity contribution in [2.75, 3.05) is 24.7 Å². The van der Waals surface area contributed by atoms with Gasteiger partial charge >= 0.3 is 11.4 Å². The van der Waals surface area contributed by atoms with Crippen LogP contribution in [0.4, 0.5) is 11.6 Å². The molecule has 0 radical (unpaired) electrons. The lowest BCUT2D eigenvalue weighted by atomic mass is 10.1. The average molecular weight is 566 g/mol. The molecule has 20 nitrogen and oxygen atoms in total. The largest absolute Gasteiger partial charge is 0.394 e. The fourth-order valence-corrected chi connectivity index (χ4v) is 4.50. The summed E-state index contributed by atoms with van der Waals surface area (Å²) < 4.78 is 13.3. The van der Waals surface area contributed by atoms with Gasteiger partial charge < -0.3 is 51.6 Å². The number of rotatable bonds is 4. The van der Waals surface area contributed by atoms with Crippen molar-refractivity contribution in [2.45, 2.75) is 49.1 Å². The molecular weight excluding hydrogens is 540 g/mol. The van der Waals surface area contributed by atoms with Crippen LogP contribution < -0.4 is 22.8 Å². The van der Waals surface area contributed by atoms with Crippen molar-refractivity contribution >= 4 is 34.0 Å². The summed E-state index contributed by atoms with van der Waals surface area (Å²) in [6, 6.07) is 0. The number of aliphatic hydroxyl groups is 6. The van der Waals surface area contributed by atoms with Gasteiger partial charge in [-0.2, -0.15) is 9.97 Å². The number of imidazole rings is 2. The molecule has 8 atom stereocenters. The van der Waals surface area contributed by atoms with Crippen LogP contribution in [0.2, 0.25) is 0 Å². The van der Waals surface area contributed by atoms with E-state index in [0.717, 1.165) is 0 Å². The third kappa shape index (κ3) is 4.56. The molecule has 6 heterocycles. The number of aromatic nitrogens is 8. The van der Waals surface area contributed by atoms with Crippen LogP contribution in [0.1, 0.15) is 12.5 Å². The first-order valence-corrected chi connectivity index (χ1v) is 11.7. The maximum Gasteiger partial charge on any atom is 0.348 e. The van der Waals surface area contributed by atoms with E-state index < -0.39 is 73.7 Å². The number of hydrogen-bond acceptors (Lipinski definition) is 16. The summed E-state index contributed by atoms with van der Waals surface area (Å²) in [5, 5.41) is 57.5. The smallest absolute Gasteiger partial charge is 0.348 e. The van der Waals surface area contributed by atoms with E-state index in [1.54, 1.807) is 0 Å². The van der Waals surface area contributed by atoms with Gasteiger partial charge in [0.05, 0.1) is 25.9 Å². The quantitative estimate of drug-likeness (QED) is 0.110. The fraction of sp³-hybridized carbons (Fsp3) is 0.500. The van der Waals surface area contributed by atoms with E-state index in [-0.39, 0.29) is 34.0 Å². The molecule has 0 spiro atoms. The number of H-pyrrole nitrogens is 2. The number of hydrogen-bond donors (Lipinski definition) is 10. The summed E-state index contributed by atoms with van der Waals surface area (Å²) >= 11 is 0. The van der Waals surface area contributed by atoms with Crippen molar-refractivity contribution in [3.8, 4) is 0 Å². The van der Waals surface area contributed by atoms with Crippen molar-refractivity contribution in [2.24, 2.45) is 0 Å². The molecule has 216 valence electrons. The second-order valence-corrected chi connectivity index (χ2v) is 9.02. The molecule has 2 saturated heterocycles. The van der Waals surface area contributed by atoms with E-state index >= 15 is 0 Å². The third-order valence-corrected chi connectivity index (χ3v) is 6.53. The number of nitrogen functional groups attached to an aromatic ring is 2. The minimum Gasteiger partial charge on any atom is -0.394 e. The Hall–Kier alpha value is -4.02. The first kappa shape index (κ1) is 27.5. The number of aliphatic hydroxyl groups excluding tert-OH is 6. The molecule has 20 heteroatoms. The van der Waals surface area contributed by atoms with E-state index in [2.05, 4.69) is 29.9 Å². The summed E-state index contributed by atoms with van der Waals surface area (Å²) in [4.78, 5) is 42.7. The highest BCUT2D eigenvalue weighted by molar-refractivity contribution is 5.81. The van der Waals surface area contributed by atoms with Gasteiger partial charge in [-0.3, -0.25) is 19.1 Å². The number of aromatic amines is 2. The Morgan fingerprint density at radius 3 is 1.43 bits per heavy atom. The lowest BCUT2D eigenvalue weighted by Crippen LogP contribution is -2.33. The van der Waals surface area contributed by atoms with Crippen molar-refractivity contribution in [3.63, 3.8) is 0 Å². The summed E-state index contributed by atoms with van der Waals surface area (Å²) in [5.74, 6) is 0.0935. The van der Waals surface area contributed by atoms with Crippen LogP contribution in [0.15, 0.2) is 22.2 Å². The molecule has 0 saturated carbocycles. The van der Waals surface area contributed by atoms with E-state index in [1.807, 2.05) is 0 Å². The number of nitrogens with one attached hydrogen (secondary N) is 2. The van der Waals surface area contributed by atoms with Gasteiger partial charge in [0.15, 0.2) is 23.8 Å². The normalized spacial score (nSPS) is 30.1. The number of fused-ring (bicyclic) bond motifs is 2. The molecule has 0 aliphatic carbocycles. The van der Waals surface area contributed by atoms with Gasteiger partial charge in [0.2, 0.25) is 0 Å². The molecular formula is C20H26N10O10. The molecule has 4 aromatic rings. The molecule has 6 rings (SSSR count). The van der Waals surface area contributed by atoms with Crippen molar-refractivity contribution in [3.05, 3.63) is 33.6 Å². The zero-order chi connectivity index (χ0) is 28.9. The van der Waals surface area contributed by atoms with Crippen LogP contribution in [0.3, 0.4) is 0 Å². The highest BCUT2D eigenvalue weighted by atomic mass is 16.6. The minimum absolute atomic E-state index is 0.0468. The van der Waals surface area contributed by atoms with E-state index in [1.165, 1.54) is 21.8 Å². The molecule has 0 unspecified atom stereocenters. The monoisotopic (exact) mass is 566 g/mol. The highest BCUT2D eigenvalue weighted by Gasteiger charge is 2.45. The summed E-state index contributed by atoms with van der Waals surface area (Å²) in [6.07, 6.45) is -6.36. The SMILES string of the molecule is Nc1[nH]c(=O)nc2c1ncn2[C@@H]1O[C@H](CO)[C@@H](O)[C@H]1O.Nc1[nH]c(=O)nc2c1ncn2[C@@H]1O[C@H](CO)[C@@H](O)[C@H]1O. The minimum atomic E-state index is -1.29. The van der Waals surface area contributed by atoms with Gasteiger partial charge in [-0.15, -0.1) is 0 Å². The zero-order valence-corrected chi connectivity index (χ0v) is 20.3. The van der Waals surface area contributed by atoms with Gasteiger partial charge in [0.25, 0.3) is 0 Å². The van der Waals surface area contributed by atoms with Crippen molar-refractivity contribution in [1.82, 2.24) is 39.0 Å². The van der Waals surface area contributed by atoms with Crippen LogP contribution in [-0.2, 0) is 9.47 Å². The maximum atomic E-state index is 11.4. The van der Waals surface area contributed by atoms with Crippen molar-refractivity contribution in [1.29, 1.82) is 0 Å². The Labute approximate surface area is 221 Å². The van der Waals surface area contributed by atoms with Crippen LogP contribution in [-0.4, -0.2) is 120 Å². The first-order valence-electron chi connectivity index (χ1n) is 11.7. The zero-order valence-electron chi connectivity index (χ0n) is 20.3. The Morgan fingerprint density at radius 1 is 0.725 bits per heavy atom. The lowest BCUT2D eigenvalue weighted by molar-refractivity contribution is -0.0511. The molecule has 2 fully saturated rings. The molecule has 0 aromatic carbocycles. The predicted octanol–water partition coefficient (Wildman–Crippen LogP) is -5.37. The van der Waals surface area contributed by atoms with Gasteiger partial charge in [-0.05, 0) is 0 Å². The predicted molar refractivity (Wildman–Crippen MR) is 131 cm³/mol. The Morgan fingerprint density at radius 2 is 1.10 bits per heavy atom. The second-order valence-electron chi connectivity index (χ2n) is 9.02. The van der Waals surface area contributed by atoms with E-state index in [4.69, 9.17) is 31.2 Å². The van der Waals surface area contributed by atoms with Crippen LogP contribution >= 0.6 is 0 Å². The maximum absolute atomic E-state index is 11.4. The van der Waals surface area contributed by atoms with Crippen LogP contribution in [0.25, 0.3) is 22.3 Å². The van der Waals surface area contributed by atoms with Crippen LogP contribution in [0.5, 0.6) is 0 Å². The van der Waals surface area contributed by atoms with Gasteiger partial charge in [-0.1, -0.05) is 0 Å². The van der Waals surface area contributed by atoms with Gasteiger partial charge in [-0.25, -0.2) is 19.6 Å². The second kappa shape index (κ2) is 10.5. The Bertz CT molecular complexity index is 1510. The van der Waals surface area contributed by atoms with Crippen molar-refractivity contribution < 1.29 is 40.1 Å². The number of ether oxygens (including phenoxy) is 2. The number of anilines is 2. The van der Waals surface area contributed by atoms with E-state index in [9.17, 15) is 30.0 Å². The van der Waals surface area contributed by atoms with E-state index in [0.29, 0.717) is 0 Å². The Kier molecular flexibility index (Phi) is 7.24. The molecule has 2 aliphatic heterocycles. The number of nitrogens with two attached hydrogens (primary N) is 2. The lowest BCUT2D eigenvalue weighted by Gasteiger charge is -2.16. The summed E-state index contributed by atoms with van der Waals surface area (Å²) in [6.45, 7) is -0.894. The highest BCUT2D eigenvalue weighted by Crippen LogP contribution is 2.32. The van der Waals surface area contributed by atoms with Gasteiger partial charge in [0, 0.05) is 0 Å². The molecule has 0 bridgehead atoms. The average Bonchev–Trinajstić information content (AvgIpc) is 3.66. The molecule has 0 amide bonds. The standard InChI is InChI=1S/2C10H13N5O5/c2*11-7-4-8(14-10(19)13-7)15(2-12-4)9-6(18)5(17)3(1-16)20-9/h2*2-3,5-6,9,16-18H,1H2,(H3,11,13,14,19)/t2*3-,5-,6-,9-/m11/s1. The van der Waals surface area contributed by atoms with Gasteiger partial charge in [0.1, 0.15) is 59.3 Å². The molecule has 4 aromatic heterocycles. The molecule has 40 heavy (non-hydrogen) atoms.